The summed E-state index contributed by atoms with van der Waals surface area (Å²) in [5, 5.41) is 10.4. The summed E-state index contributed by atoms with van der Waals surface area (Å²) in [6.45, 7) is 0. The zero-order valence-corrected chi connectivity index (χ0v) is 15.5. The zero-order valence-electron chi connectivity index (χ0n) is 14.0. The van der Waals surface area contributed by atoms with Gasteiger partial charge in [0.15, 0.2) is 0 Å². The lowest BCUT2D eigenvalue weighted by Gasteiger charge is -2.08. The average Bonchev–Trinajstić information content (AvgIpc) is 3.14. The highest BCUT2D eigenvalue weighted by Crippen LogP contribution is 2.32. The number of nitrogens with zero attached hydrogens (tertiary/aromatic N) is 1. The van der Waals surface area contributed by atoms with E-state index in [2.05, 4.69) is 15.5 Å². The minimum atomic E-state index is -0.352. The van der Waals surface area contributed by atoms with Crippen LogP contribution in [-0.2, 0) is 0 Å². The number of halogens is 2. The molecule has 0 aliphatic rings. The molecule has 6 nitrogen and oxygen atoms in total. The van der Waals surface area contributed by atoms with E-state index in [1.165, 1.54) is 0 Å². The van der Waals surface area contributed by atoms with Gasteiger partial charge in [-0.05, 0) is 36.4 Å². The summed E-state index contributed by atoms with van der Waals surface area (Å²) in [7, 11) is 3.14. The molecule has 0 atom stereocenters. The van der Waals surface area contributed by atoms with Crippen molar-refractivity contribution in [2.24, 2.45) is 0 Å². The Morgan fingerprint density at radius 2 is 1.85 bits per heavy atom. The van der Waals surface area contributed by atoms with Crippen LogP contribution < -0.4 is 14.8 Å². The number of aromatic nitrogens is 2. The van der Waals surface area contributed by atoms with Gasteiger partial charge in [0.1, 0.15) is 17.2 Å². The first kappa shape index (κ1) is 18.1. The molecule has 0 saturated heterocycles. The smallest absolute Gasteiger partial charge is 0.273 e. The third-order valence-electron chi connectivity index (χ3n) is 3.68. The van der Waals surface area contributed by atoms with Crippen LogP contribution in [-0.4, -0.2) is 30.3 Å². The Morgan fingerprint density at radius 1 is 1.04 bits per heavy atom. The van der Waals surface area contributed by atoms with E-state index in [0.29, 0.717) is 38.6 Å². The third-order valence-corrected chi connectivity index (χ3v) is 4.42. The van der Waals surface area contributed by atoms with Crippen LogP contribution in [0.25, 0.3) is 11.3 Å². The zero-order chi connectivity index (χ0) is 18.7. The molecule has 2 N–H and O–H groups in total. The molecule has 3 rings (SSSR count). The summed E-state index contributed by atoms with van der Waals surface area (Å²) in [5.41, 5.74) is 2.13. The van der Waals surface area contributed by atoms with Gasteiger partial charge in [-0.25, -0.2) is 0 Å². The largest absolute Gasteiger partial charge is 0.497 e. The third kappa shape index (κ3) is 3.76. The van der Waals surface area contributed by atoms with Gasteiger partial charge in [-0.2, -0.15) is 5.10 Å². The van der Waals surface area contributed by atoms with E-state index >= 15 is 0 Å². The summed E-state index contributed by atoms with van der Waals surface area (Å²) >= 11 is 11.8. The number of hydrogen-bond donors (Lipinski definition) is 2. The molecule has 0 aliphatic heterocycles. The fourth-order valence-electron chi connectivity index (χ4n) is 2.36. The van der Waals surface area contributed by atoms with Gasteiger partial charge in [-0.3, -0.25) is 9.89 Å². The molecule has 3 aromatic rings. The lowest BCUT2D eigenvalue weighted by atomic mass is 10.1. The lowest BCUT2D eigenvalue weighted by molar-refractivity contribution is 0.102. The molecule has 8 heteroatoms. The number of rotatable bonds is 5. The first-order valence-corrected chi connectivity index (χ1v) is 8.31. The molecule has 0 bridgehead atoms. The monoisotopic (exact) mass is 391 g/mol. The van der Waals surface area contributed by atoms with Crippen molar-refractivity contribution >= 4 is 34.8 Å². The van der Waals surface area contributed by atoms with Crippen molar-refractivity contribution in [3.8, 4) is 22.8 Å². The molecule has 0 unspecified atom stereocenters. The van der Waals surface area contributed by atoms with Gasteiger partial charge in [0.25, 0.3) is 5.91 Å². The molecule has 1 amide bonds. The first-order chi connectivity index (χ1) is 12.5. The van der Waals surface area contributed by atoms with Gasteiger partial charge in [0, 0.05) is 17.3 Å². The van der Waals surface area contributed by atoms with Gasteiger partial charge in [-0.15, -0.1) is 0 Å². The number of H-pyrrole nitrogens is 1. The lowest BCUT2D eigenvalue weighted by Crippen LogP contribution is -2.12. The van der Waals surface area contributed by atoms with Gasteiger partial charge < -0.3 is 14.8 Å². The van der Waals surface area contributed by atoms with Crippen LogP contribution in [0.4, 0.5) is 5.69 Å². The van der Waals surface area contributed by atoms with Crippen LogP contribution >= 0.6 is 23.2 Å². The van der Waals surface area contributed by atoms with E-state index in [9.17, 15) is 4.79 Å². The van der Waals surface area contributed by atoms with E-state index in [-0.39, 0.29) is 5.91 Å². The Balaban J connectivity index is 1.83. The Morgan fingerprint density at radius 3 is 2.54 bits per heavy atom. The maximum atomic E-state index is 12.4. The SMILES string of the molecule is COc1ccc(-c2cc(C(=O)Nc3ccc(Cl)c(Cl)c3)[nH]n2)c(OC)c1. The number of ether oxygens (including phenoxy) is 2. The molecule has 134 valence electrons. The number of anilines is 1. The van der Waals surface area contributed by atoms with Crippen molar-refractivity contribution in [3.63, 3.8) is 0 Å². The Bertz CT molecular complexity index is 957. The molecule has 1 heterocycles. The molecular formula is C18H15Cl2N3O3. The van der Waals surface area contributed by atoms with Crippen molar-refractivity contribution in [3.05, 3.63) is 58.2 Å². The predicted molar refractivity (Wildman–Crippen MR) is 102 cm³/mol. The van der Waals surface area contributed by atoms with E-state index in [0.717, 1.165) is 5.56 Å². The second kappa shape index (κ2) is 7.68. The number of aromatic amines is 1. The van der Waals surface area contributed by atoms with Gasteiger partial charge >= 0.3 is 0 Å². The summed E-state index contributed by atoms with van der Waals surface area (Å²) in [4.78, 5) is 12.4. The summed E-state index contributed by atoms with van der Waals surface area (Å²) in [6, 6.07) is 11.8. The van der Waals surface area contributed by atoms with Crippen LogP contribution in [0.15, 0.2) is 42.5 Å². The van der Waals surface area contributed by atoms with Crippen molar-refractivity contribution in [1.29, 1.82) is 0 Å². The predicted octanol–water partition coefficient (Wildman–Crippen LogP) is 4.65. The van der Waals surface area contributed by atoms with Crippen LogP contribution in [0, 0.1) is 0 Å². The van der Waals surface area contributed by atoms with Gasteiger partial charge in [0.05, 0.1) is 30.0 Å². The molecule has 2 aromatic carbocycles. The number of carbonyl (C=O) groups excluding carboxylic acids is 1. The van der Waals surface area contributed by atoms with Crippen molar-refractivity contribution < 1.29 is 14.3 Å². The fraction of sp³-hybridized carbons (Fsp3) is 0.111. The van der Waals surface area contributed by atoms with Crippen LogP contribution in [0.5, 0.6) is 11.5 Å². The maximum absolute atomic E-state index is 12.4. The highest BCUT2D eigenvalue weighted by atomic mass is 35.5. The highest BCUT2D eigenvalue weighted by molar-refractivity contribution is 6.42. The summed E-state index contributed by atoms with van der Waals surface area (Å²) in [5.74, 6) is 0.903. The molecule has 26 heavy (non-hydrogen) atoms. The number of carbonyl (C=O) groups is 1. The molecular weight excluding hydrogens is 377 g/mol. The number of nitrogens with one attached hydrogen (secondary N) is 2. The summed E-state index contributed by atoms with van der Waals surface area (Å²) < 4.78 is 10.6. The minimum absolute atomic E-state index is 0.295. The topological polar surface area (TPSA) is 76.2 Å². The van der Waals surface area contributed by atoms with E-state index in [4.69, 9.17) is 32.7 Å². The average molecular weight is 392 g/mol. The number of hydrogen-bond acceptors (Lipinski definition) is 4. The number of methoxy groups -OCH3 is 2. The number of benzene rings is 2. The van der Waals surface area contributed by atoms with Gasteiger partial charge in [0.2, 0.25) is 0 Å². The molecule has 0 aliphatic carbocycles. The molecule has 1 aromatic heterocycles. The molecule has 0 spiro atoms. The number of amides is 1. The van der Waals surface area contributed by atoms with E-state index < -0.39 is 0 Å². The minimum Gasteiger partial charge on any atom is -0.497 e. The van der Waals surface area contributed by atoms with Crippen LogP contribution in [0.2, 0.25) is 10.0 Å². The summed E-state index contributed by atoms with van der Waals surface area (Å²) in [6.07, 6.45) is 0. The second-order valence-electron chi connectivity index (χ2n) is 5.32. The Kier molecular flexibility index (Phi) is 5.35. The quantitative estimate of drug-likeness (QED) is 0.663. The van der Waals surface area contributed by atoms with Crippen molar-refractivity contribution in [2.75, 3.05) is 19.5 Å². The maximum Gasteiger partial charge on any atom is 0.273 e. The normalized spacial score (nSPS) is 10.5. The van der Waals surface area contributed by atoms with E-state index in [1.807, 2.05) is 6.07 Å². The second-order valence-corrected chi connectivity index (χ2v) is 6.13. The first-order valence-electron chi connectivity index (χ1n) is 7.56. The Hall–Kier alpha value is -2.70. The van der Waals surface area contributed by atoms with Crippen LogP contribution in [0.1, 0.15) is 10.5 Å². The molecule has 0 saturated carbocycles. The van der Waals surface area contributed by atoms with E-state index in [1.54, 1.807) is 50.6 Å². The standard InChI is InChI=1S/C18H15Cl2N3O3/c1-25-11-4-5-12(17(8-11)26-2)15-9-16(23-22-15)18(24)21-10-3-6-13(19)14(20)7-10/h3-9H,1-2H3,(H,21,24)(H,22,23). The van der Waals surface area contributed by atoms with Crippen LogP contribution in [0.3, 0.4) is 0 Å². The fourth-order valence-corrected chi connectivity index (χ4v) is 2.66. The Labute approximate surface area is 160 Å². The van der Waals surface area contributed by atoms with Crippen molar-refractivity contribution in [1.82, 2.24) is 10.2 Å². The van der Waals surface area contributed by atoms with Gasteiger partial charge in [-0.1, -0.05) is 23.2 Å². The van der Waals surface area contributed by atoms with Crippen molar-refractivity contribution in [2.45, 2.75) is 0 Å². The highest BCUT2D eigenvalue weighted by Gasteiger charge is 2.15. The molecule has 0 fully saturated rings. The molecule has 0 radical (unpaired) electrons.